The summed E-state index contributed by atoms with van der Waals surface area (Å²) in [6.45, 7) is 4.44. The molecular weight excluding hydrogens is 191 g/mol. The van der Waals surface area contributed by atoms with Gasteiger partial charge in [-0.15, -0.1) is 0 Å². The molecule has 0 heterocycles. The van der Waals surface area contributed by atoms with Gasteiger partial charge in [0.25, 0.3) is 0 Å². The number of rotatable bonds is 6. The third-order valence-corrected chi connectivity index (χ3v) is 1.89. The average molecular weight is 207 g/mol. The predicted octanol–water partition coefficient (Wildman–Crippen LogP) is 1.34. The topological polar surface area (TPSA) is 27.7 Å². The smallest absolute Gasteiger partial charge is 0.333 e. The Morgan fingerprint density at radius 3 is 2.87 bits per heavy atom. The van der Waals surface area contributed by atoms with Crippen molar-refractivity contribution in [1.29, 1.82) is 0 Å². The second kappa shape index (κ2) is 6.48. The minimum Gasteiger partial charge on any atom is -0.497 e. The lowest BCUT2D eigenvalue weighted by atomic mass is 9.88. The quantitative estimate of drug-likeness (QED) is 0.520. The van der Waals surface area contributed by atoms with E-state index in [4.69, 9.17) is 14.1 Å². The van der Waals surface area contributed by atoms with Crippen molar-refractivity contribution in [3.8, 4) is 5.75 Å². The summed E-state index contributed by atoms with van der Waals surface area (Å²) in [7, 11) is 3.31. The van der Waals surface area contributed by atoms with E-state index >= 15 is 0 Å². The fourth-order valence-electron chi connectivity index (χ4n) is 1.16. The molecule has 1 unspecified atom stereocenters. The zero-order valence-electron chi connectivity index (χ0n) is 9.40. The second-order valence-corrected chi connectivity index (χ2v) is 3.05. The van der Waals surface area contributed by atoms with E-state index in [1.807, 2.05) is 38.1 Å². The maximum absolute atomic E-state index is 5.37. The van der Waals surface area contributed by atoms with Crippen molar-refractivity contribution in [3.05, 3.63) is 24.3 Å². The van der Waals surface area contributed by atoms with Crippen molar-refractivity contribution in [3.63, 3.8) is 0 Å². The van der Waals surface area contributed by atoms with Crippen molar-refractivity contribution in [1.82, 2.24) is 0 Å². The highest BCUT2D eigenvalue weighted by Crippen LogP contribution is 2.05. The largest absolute Gasteiger partial charge is 0.497 e. The van der Waals surface area contributed by atoms with Crippen LogP contribution in [0.1, 0.15) is 13.8 Å². The summed E-state index contributed by atoms with van der Waals surface area (Å²) in [5.41, 5.74) is 0.959. The number of ether oxygens (including phenoxy) is 2. The molecule has 81 valence electrons. The molecule has 3 nitrogen and oxygen atoms in total. The van der Waals surface area contributed by atoms with Crippen LogP contribution < -0.4 is 10.2 Å². The van der Waals surface area contributed by atoms with E-state index in [2.05, 4.69) is 0 Å². The van der Waals surface area contributed by atoms with Crippen LogP contribution in [-0.2, 0) is 9.39 Å². The standard InChI is InChI=1S/C11H16BO3/c1-4-14-9(2)15-12-10-6-5-7-11(8-10)13-3/h5-9H,4H2,1-3H3. The molecule has 0 saturated heterocycles. The van der Waals surface area contributed by atoms with Gasteiger partial charge in [0.2, 0.25) is 0 Å². The molecule has 0 fully saturated rings. The fraction of sp³-hybridized carbons (Fsp3) is 0.455. The molecule has 0 aromatic heterocycles. The normalized spacial score (nSPS) is 12.2. The number of benzene rings is 1. The Bertz CT molecular complexity index is 291. The van der Waals surface area contributed by atoms with Crippen LogP contribution in [0.4, 0.5) is 0 Å². The van der Waals surface area contributed by atoms with E-state index in [1.54, 1.807) is 14.6 Å². The molecule has 4 heteroatoms. The van der Waals surface area contributed by atoms with E-state index in [0.717, 1.165) is 11.2 Å². The molecule has 1 radical (unpaired) electrons. The lowest BCUT2D eigenvalue weighted by Gasteiger charge is -2.12. The van der Waals surface area contributed by atoms with Gasteiger partial charge >= 0.3 is 7.48 Å². The summed E-state index contributed by atoms with van der Waals surface area (Å²) in [5.74, 6) is 0.816. The first-order chi connectivity index (χ1) is 7.26. The summed E-state index contributed by atoms with van der Waals surface area (Å²) in [5, 5.41) is 0. The highest BCUT2D eigenvalue weighted by Gasteiger charge is 2.04. The SMILES string of the molecule is CCOC(C)O[B]c1cccc(OC)c1. The van der Waals surface area contributed by atoms with Crippen LogP contribution in [0.5, 0.6) is 5.75 Å². The first-order valence-corrected chi connectivity index (χ1v) is 5.00. The zero-order valence-corrected chi connectivity index (χ0v) is 9.40. The Morgan fingerprint density at radius 1 is 1.40 bits per heavy atom. The highest BCUT2D eigenvalue weighted by atomic mass is 16.7. The zero-order chi connectivity index (χ0) is 11.1. The minimum absolute atomic E-state index is 0.221. The second-order valence-electron chi connectivity index (χ2n) is 3.05. The van der Waals surface area contributed by atoms with Gasteiger partial charge in [-0.25, -0.2) is 0 Å². The van der Waals surface area contributed by atoms with E-state index in [-0.39, 0.29) is 6.29 Å². The molecule has 0 bridgehead atoms. The Labute approximate surface area is 91.6 Å². The number of hydrogen-bond donors (Lipinski definition) is 0. The third-order valence-electron chi connectivity index (χ3n) is 1.89. The van der Waals surface area contributed by atoms with Crippen molar-refractivity contribution < 1.29 is 14.1 Å². The summed E-state index contributed by atoms with van der Waals surface area (Å²) < 4.78 is 15.7. The van der Waals surface area contributed by atoms with Gasteiger partial charge in [-0.2, -0.15) is 0 Å². The highest BCUT2D eigenvalue weighted by molar-refractivity contribution is 6.47. The van der Waals surface area contributed by atoms with Crippen LogP contribution in [0.15, 0.2) is 24.3 Å². The summed E-state index contributed by atoms with van der Waals surface area (Å²) >= 11 is 0. The maximum atomic E-state index is 5.37. The van der Waals surface area contributed by atoms with Gasteiger partial charge < -0.3 is 14.1 Å². The predicted molar refractivity (Wildman–Crippen MR) is 60.6 cm³/mol. The summed E-state index contributed by atoms with van der Waals surface area (Å²) in [4.78, 5) is 0. The van der Waals surface area contributed by atoms with Crippen LogP contribution in [-0.4, -0.2) is 27.5 Å². The minimum atomic E-state index is -0.221. The molecular formula is C11H16BO3. The molecule has 15 heavy (non-hydrogen) atoms. The molecule has 1 atom stereocenters. The van der Waals surface area contributed by atoms with Gasteiger partial charge in [-0.05, 0) is 31.4 Å². The molecule has 1 rings (SSSR count). The maximum Gasteiger partial charge on any atom is 0.333 e. The first kappa shape index (κ1) is 12.1. The van der Waals surface area contributed by atoms with Crippen LogP contribution in [0, 0.1) is 0 Å². The van der Waals surface area contributed by atoms with Gasteiger partial charge in [0.15, 0.2) is 0 Å². The Balaban J connectivity index is 2.43. The van der Waals surface area contributed by atoms with Crippen molar-refractivity contribution in [2.45, 2.75) is 20.1 Å². The van der Waals surface area contributed by atoms with Crippen LogP contribution in [0.25, 0.3) is 0 Å². The van der Waals surface area contributed by atoms with Gasteiger partial charge in [-0.3, -0.25) is 0 Å². The molecule has 0 saturated carbocycles. The molecule has 0 N–H and O–H groups in total. The molecule has 1 aromatic carbocycles. The average Bonchev–Trinajstić information content (AvgIpc) is 2.27. The lowest BCUT2D eigenvalue weighted by molar-refractivity contribution is -0.0592. The van der Waals surface area contributed by atoms with Crippen molar-refractivity contribution in [2.75, 3.05) is 13.7 Å². The van der Waals surface area contributed by atoms with Crippen molar-refractivity contribution >= 4 is 12.9 Å². The van der Waals surface area contributed by atoms with Gasteiger partial charge in [-0.1, -0.05) is 12.1 Å². The molecule has 0 aliphatic rings. The summed E-state index contributed by atoms with van der Waals surface area (Å²) in [6.07, 6.45) is -0.221. The van der Waals surface area contributed by atoms with E-state index in [0.29, 0.717) is 6.61 Å². The van der Waals surface area contributed by atoms with Crippen molar-refractivity contribution in [2.24, 2.45) is 0 Å². The molecule has 0 aliphatic heterocycles. The van der Waals surface area contributed by atoms with Crippen LogP contribution >= 0.6 is 0 Å². The van der Waals surface area contributed by atoms with E-state index < -0.39 is 0 Å². The molecule has 0 amide bonds. The monoisotopic (exact) mass is 207 g/mol. The fourth-order valence-corrected chi connectivity index (χ4v) is 1.16. The molecule has 0 aliphatic carbocycles. The van der Waals surface area contributed by atoms with Gasteiger partial charge in [0.05, 0.1) is 7.11 Å². The third kappa shape index (κ3) is 4.36. The Hall–Kier alpha value is -0.995. The van der Waals surface area contributed by atoms with Gasteiger partial charge in [0, 0.05) is 6.61 Å². The molecule has 1 aromatic rings. The van der Waals surface area contributed by atoms with Crippen LogP contribution in [0.2, 0.25) is 0 Å². The van der Waals surface area contributed by atoms with E-state index in [1.165, 1.54) is 0 Å². The van der Waals surface area contributed by atoms with Gasteiger partial charge in [0.1, 0.15) is 12.0 Å². The van der Waals surface area contributed by atoms with E-state index in [9.17, 15) is 0 Å². The molecule has 0 spiro atoms. The van der Waals surface area contributed by atoms with Crippen LogP contribution in [0.3, 0.4) is 0 Å². The first-order valence-electron chi connectivity index (χ1n) is 5.00. The Morgan fingerprint density at radius 2 is 2.20 bits per heavy atom. The number of hydrogen-bond acceptors (Lipinski definition) is 3. The Kier molecular flexibility index (Phi) is 5.22. The summed E-state index contributed by atoms with van der Waals surface area (Å²) in [6, 6.07) is 7.66. The lowest BCUT2D eigenvalue weighted by Crippen LogP contribution is -2.24. The number of methoxy groups -OCH3 is 1.